The first-order chi connectivity index (χ1) is 8.86. The molecule has 0 heterocycles. The molecule has 0 aliphatic heterocycles. The van der Waals surface area contributed by atoms with Crippen LogP contribution in [0, 0.1) is 11.3 Å². The molecule has 0 aliphatic rings. The van der Waals surface area contributed by atoms with Crippen molar-refractivity contribution >= 4 is 0 Å². The summed E-state index contributed by atoms with van der Waals surface area (Å²) in [7, 11) is 0. The molecule has 0 aromatic heterocycles. The van der Waals surface area contributed by atoms with E-state index < -0.39 is 0 Å². The van der Waals surface area contributed by atoms with Crippen LogP contribution in [0.5, 0.6) is 5.75 Å². The van der Waals surface area contributed by atoms with E-state index in [1.54, 1.807) is 0 Å². The number of benzene rings is 1. The summed E-state index contributed by atoms with van der Waals surface area (Å²) in [5, 5.41) is 17.2. The molecule has 1 N–H and O–H groups in total. The van der Waals surface area contributed by atoms with Crippen LogP contribution in [0.3, 0.4) is 0 Å². The summed E-state index contributed by atoms with van der Waals surface area (Å²) in [6, 6.07) is 9.81. The maximum absolute atomic E-state index is 8.63. The predicted molar refractivity (Wildman–Crippen MR) is 71.4 cm³/mol. The van der Waals surface area contributed by atoms with Gasteiger partial charge in [0.1, 0.15) is 5.75 Å². The van der Waals surface area contributed by atoms with E-state index in [-0.39, 0.29) is 0 Å². The Kier molecular flexibility index (Phi) is 7.66. The number of rotatable bonds is 9. The Morgan fingerprint density at radius 3 is 2.33 bits per heavy atom. The Balaban J connectivity index is 2.10. The quantitative estimate of drug-likeness (QED) is 0.682. The van der Waals surface area contributed by atoms with Gasteiger partial charge in [0.25, 0.3) is 0 Å². The zero-order valence-corrected chi connectivity index (χ0v) is 10.8. The second-order valence-corrected chi connectivity index (χ2v) is 4.32. The molecule has 0 saturated carbocycles. The van der Waals surface area contributed by atoms with Gasteiger partial charge in [0.2, 0.25) is 0 Å². The normalized spacial score (nSPS) is 10.0. The van der Waals surface area contributed by atoms with Crippen LogP contribution in [0.2, 0.25) is 0 Å². The molecule has 0 atom stereocenters. The molecule has 0 fully saturated rings. The van der Waals surface area contributed by atoms with Crippen LogP contribution < -0.4 is 4.74 Å². The van der Waals surface area contributed by atoms with Crippen LogP contribution in [-0.2, 0) is 6.42 Å². The Hall–Kier alpha value is -1.53. The Morgan fingerprint density at radius 1 is 1.00 bits per heavy atom. The smallest absolute Gasteiger partial charge is 0.119 e. The SMILES string of the molecule is N#CCc1ccc(OCCCCCCCO)cc1. The van der Waals surface area contributed by atoms with Crippen molar-refractivity contribution < 1.29 is 9.84 Å². The maximum Gasteiger partial charge on any atom is 0.119 e. The first-order valence-electron chi connectivity index (χ1n) is 6.56. The second-order valence-electron chi connectivity index (χ2n) is 4.32. The second kappa shape index (κ2) is 9.49. The van der Waals surface area contributed by atoms with Crippen molar-refractivity contribution in [3.63, 3.8) is 0 Å². The van der Waals surface area contributed by atoms with Gasteiger partial charge in [-0.05, 0) is 30.5 Å². The topological polar surface area (TPSA) is 53.2 Å². The van der Waals surface area contributed by atoms with Crippen molar-refractivity contribution in [1.29, 1.82) is 5.26 Å². The van der Waals surface area contributed by atoms with Crippen molar-refractivity contribution in [3.8, 4) is 11.8 Å². The highest BCUT2D eigenvalue weighted by atomic mass is 16.5. The van der Waals surface area contributed by atoms with E-state index in [0.717, 1.165) is 50.0 Å². The fourth-order valence-corrected chi connectivity index (χ4v) is 1.73. The van der Waals surface area contributed by atoms with Crippen LogP contribution in [0.25, 0.3) is 0 Å². The Bertz CT molecular complexity index is 354. The number of hydrogen-bond donors (Lipinski definition) is 1. The van der Waals surface area contributed by atoms with Crippen LogP contribution in [0.15, 0.2) is 24.3 Å². The lowest BCUT2D eigenvalue weighted by Crippen LogP contribution is -1.97. The highest BCUT2D eigenvalue weighted by molar-refractivity contribution is 5.28. The first kappa shape index (κ1) is 14.5. The predicted octanol–water partition coefficient (Wildman–Crippen LogP) is 3.07. The van der Waals surface area contributed by atoms with Crippen molar-refractivity contribution in [3.05, 3.63) is 29.8 Å². The van der Waals surface area contributed by atoms with Gasteiger partial charge >= 0.3 is 0 Å². The fraction of sp³-hybridized carbons (Fsp3) is 0.533. The summed E-state index contributed by atoms with van der Waals surface area (Å²) >= 11 is 0. The largest absolute Gasteiger partial charge is 0.494 e. The highest BCUT2D eigenvalue weighted by Crippen LogP contribution is 2.13. The number of aliphatic hydroxyl groups excluding tert-OH is 1. The van der Waals surface area contributed by atoms with E-state index in [0.29, 0.717) is 13.0 Å². The monoisotopic (exact) mass is 247 g/mol. The zero-order valence-electron chi connectivity index (χ0n) is 10.8. The fourth-order valence-electron chi connectivity index (χ4n) is 1.73. The number of nitrogens with zero attached hydrogens (tertiary/aromatic N) is 1. The standard InChI is InChI=1S/C15H21NO2/c16-11-10-14-6-8-15(9-7-14)18-13-5-3-1-2-4-12-17/h6-9,17H,1-5,10,12-13H2. The molecular weight excluding hydrogens is 226 g/mol. The van der Waals surface area contributed by atoms with Crippen molar-refractivity contribution in [2.45, 2.75) is 38.5 Å². The molecule has 0 unspecified atom stereocenters. The molecule has 0 radical (unpaired) electrons. The van der Waals surface area contributed by atoms with Gasteiger partial charge in [-0.25, -0.2) is 0 Å². The lowest BCUT2D eigenvalue weighted by Gasteiger charge is -2.06. The van der Waals surface area contributed by atoms with Crippen molar-refractivity contribution in [2.75, 3.05) is 13.2 Å². The maximum atomic E-state index is 8.63. The van der Waals surface area contributed by atoms with Crippen LogP contribution >= 0.6 is 0 Å². The molecule has 18 heavy (non-hydrogen) atoms. The van der Waals surface area contributed by atoms with Gasteiger partial charge in [0, 0.05) is 6.61 Å². The number of unbranched alkanes of at least 4 members (excludes halogenated alkanes) is 4. The van der Waals surface area contributed by atoms with Gasteiger partial charge in [0.05, 0.1) is 19.1 Å². The van der Waals surface area contributed by atoms with Gasteiger partial charge in [-0.1, -0.05) is 31.4 Å². The first-order valence-corrected chi connectivity index (χ1v) is 6.56. The van der Waals surface area contributed by atoms with Crippen LogP contribution in [0.4, 0.5) is 0 Å². The third-order valence-corrected chi connectivity index (χ3v) is 2.78. The summed E-state index contributed by atoms with van der Waals surface area (Å²) < 4.78 is 5.61. The van der Waals surface area contributed by atoms with E-state index in [4.69, 9.17) is 15.1 Å². The summed E-state index contributed by atoms with van der Waals surface area (Å²) in [5.41, 5.74) is 1.02. The molecule has 98 valence electrons. The molecule has 0 saturated heterocycles. The summed E-state index contributed by atoms with van der Waals surface area (Å²) in [4.78, 5) is 0. The van der Waals surface area contributed by atoms with Crippen molar-refractivity contribution in [1.82, 2.24) is 0 Å². The number of nitriles is 1. The molecular formula is C15H21NO2. The van der Waals surface area contributed by atoms with Gasteiger partial charge < -0.3 is 9.84 Å². The third kappa shape index (κ3) is 6.27. The Morgan fingerprint density at radius 2 is 1.67 bits per heavy atom. The van der Waals surface area contributed by atoms with Crippen LogP contribution in [0.1, 0.15) is 37.7 Å². The molecule has 1 rings (SSSR count). The molecule has 1 aromatic rings. The summed E-state index contributed by atoms with van der Waals surface area (Å²) in [6.07, 6.45) is 5.80. The highest BCUT2D eigenvalue weighted by Gasteiger charge is 1.96. The van der Waals surface area contributed by atoms with E-state index in [9.17, 15) is 0 Å². The van der Waals surface area contributed by atoms with Gasteiger partial charge in [-0.15, -0.1) is 0 Å². The summed E-state index contributed by atoms with van der Waals surface area (Å²) in [5.74, 6) is 0.868. The number of ether oxygens (including phenoxy) is 1. The van der Waals surface area contributed by atoms with Crippen LogP contribution in [-0.4, -0.2) is 18.3 Å². The Labute approximate surface area is 109 Å². The minimum absolute atomic E-state index is 0.297. The van der Waals surface area contributed by atoms with Crippen molar-refractivity contribution in [2.24, 2.45) is 0 Å². The number of hydrogen-bond acceptors (Lipinski definition) is 3. The molecule has 3 nitrogen and oxygen atoms in total. The molecule has 0 aliphatic carbocycles. The lowest BCUT2D eigenvalue weighted by atomic mass is 10.1. The van der Waals surface area contributed by atoms with Gasteiger partial charge in [-0.3, -0.25) is 0 Å². The zero-order chi connectivity index (χ0) is 13.1. The summed E-state index contributed by atoms with van der Waals surface area (Å²) in [6.45, 7) is 1.03. The van der Waals surface area contributed by atoms with Gasteiger partial charge in [-0.2, -0.15) is 5.26 Å². The molecule has 1 aromatic carbocycles. The van der Waals surface area contributed by atoms with E-state index in [1.807, 2.05) is 24.3 Å². The lowest BCUT2D eigenvalue weighted by molar-refractivity contribution is 0.278. The van der Waals surface area contributed by atoms with Gasteiger partial charge in [0.15, 0.2) is 0 Å². The minimum atomic E-state index is 0.297. The average molecular weight is 247 g/mol. The average Bonchev–Trinajstić information content (AvgIpc) is 2.40. The number of aliphatic hydroxyl groups is 1. The van der Waals surface area contributed by atoms with E-state index in [2.05, 4.69) is 6.07 Å². The third-order valence-electron chi connectivity index (χ3n) is 2.78. The molecule has 3 heteroatoms. The minimum Gasteiger partial charge on any atom is -0.494 e. The molecule has 0 amide bonds. The molecule has 0 bridgehead atoms. The van der Waals surface area contributed by atoms with E-state index in [1.165, 1.54) is 0 Å². The molecule has 0 spiro atoms. The van der Waals surface area contributed by atoms with E-state index >= 15 is 0 Å².